The van der Waals surface area contributed by atoms with Crippen molar-refractivity contribution in [2.45, 2.75) is 26.7 Å². The Bertz CT molecular complexity index is 1110. The number of hydrogen-bond donors (Lipinski definition) is 1. The van der Waals surface area contributed by atoms with Crippen molar-refractivity contribution in [1.29, 1.82) is 0 Å². The first-order valence-corrected chi connectivity index (χ1v) is 11.1. The van der Waals surface area contributed by atoms with Gasteiger partial charge in [-0.2, -0.15) is 0 Å². The molecule has 1 N–H and O–H groups in total. The highest BCUT2D eigenvalue weighted by molar-refractivity contribution is 7.14. The second-order valence-electron chi connectivity index (χ2n) is 6.88. The summed E-state index contributed by atoms with van der Waals surface area (Å²) in [5, 5.41) is 4.81. The van der Waals surface area contributed by atoms with Crippen LogP contribution in [0.25, 0.3) is 6.08 Å². The molecule has 0 aliphatic rings. The molecule has 8 heteroatoms. The summed E-state index contributed by atoms with van der Waals surface area (Å²) >= 11 is 1.18. The molecule has 0 spiro atoms. The zero-order valence-electron chi connectivity index (χ0n) is 17.9. The average molecular weight is 454 g/mol. The fourth-order valence-electron chi connectivity index (χ4n) is 2.85. The predicted molar refractivity (Wildman–Crippen MR) is 126 cm³/mol. The lowest BCUT2D eigenvalue weighted by Gasteiger charge is -2.18. The summed E-state index contributed by atoms with van der Waals surface area (Å²) in [4.78, 5) is 30.1. The number of carbonyl (C=O) groups is 2. The first-order chi connectivity index (χ1) is 15.5. The minimum absolute atomic E-state index is 0.127. The summed E-state index contributed by atoms with van der Waals surface area (Å²) in [6.45, 7) is 4.00. The lowest BCUT2D eigenvalue weighted by molar-refractivity contribution is -0.116. The Morgan fingerprint density at radius 2 is 1.94 bits per heavy atom. The molecule has 0 bridgehead atoms. The van der Waals surface area contributed by atoms with Crippen LogP contribution in [0.15, 0.2) is 60.0 Å². The number of para-hydroxylation sites is 3. The molecule has 2 aromatic carbocycles. The van der Waals surface area contributed by atoms with Crippen molar-refractivity contribution in [2.24, 2.45) is 0 Å². The maximum atomic E-state index is 14.2. The molecule has 1 aromatic heterocycles. The lowest BCUT2D eigenvalue weighted by atomic mass is 10.2. The molecule has 0 atom stereocenters. The van der Waals surface area contributed by atoms with Crippen LogP contribution in [-0.2, 0) is 9.59 Å². The van der Waals surface area contributed by atoms with Crippen LogP contribution in [0, 0.1) is 5.82 Å². The molecule has 3 rings (SSSR count). The zero-order chi connectivity index (χ0) is 22.9. The van der Waals surface area contributed by atoms with Gasteiger partial charge in [-0.25, -0.2) is 9.37 Å². The number of nitrogens with zero attached hydrogens (tertiary/aromatic N) is 2. The van der Waals surface area contributed by atoms with E-state index < -0.39 is 5.82 Å². The Kier molecular flexibility index (Phi) is 8.10. The predicted octanol–water partition coefficient (Wildman–Crippen LogP) is 5.80. The molecule has 0 fully saturated rings. The number of aromatic nitrogens is 1. The number of ether oxygens (including phenoxy) is 1. The normalized spacial score (nSPS) is 10.8. The Balaban J connectivity index is 1.70. The van der Waals surface area contributed by atoms with Crippen LogP contribution < -0.4 is 15.0 Å². The van der Waals surface area contributed by atoms with Crippen molar-refractivity contribution in [3.63, 3.8) is 0 Å². The van der Waals surface area contributed by atoms with E-state index in [1.54, 1.807) is 29.6 Å². The van der Waals surface area contributed by atoms with Gasteiger partial charge in [0.05, 0.1) is 23.7 Å². The second kappa shape index (κ2) is 11.2. The molecule has 0 radical (unpaired) electrons. The van der Waals surface area contributed by atoms with Gasteiger partial charge in [-0.3, -0.25) is 14.5 Å². The Hall–Kier alpha value is -3.52. The Labute approximate surface area is 190 Å². The highest BCUT2D eigenvalue weighted by atomic mass is 32.1. The lowest BCUT2D eigenvalue weighted by Crippen LogP contribution is -2.23. The van der Waals surface area contributed by atoms with Crippen LogP contribution in [-0.4, -0.2) is 23.4 Å². The monoisotopic (exact) mass is 453 g/mol. The van der Waals surface area contributed by atoms with Crippen molar-refractivity contribution >= 4 is 45.7 Å². The standard InChI is InChI=1S/C24H24FN3O3S/c1-3-4-15-31-22-12-8-6-10-20(22)27-23(30)14-13-18-16-32-24(26-18)28(17(2)29)21-11-7-5-9-19(21)25/h5-14,16H,3-4,15H2,1-2H3,(H,27,30)/b14-13+. The molecule has 2 amide bonds. The summed E-state index contributed by atoms with van der Waals surface area (Å²) in [7, 11) is 0. The number of anilines is 3. The van der Waals surface area contributed by atoms with Gasteiger partial charge < -0.3 is 10.1 Å². The molecule has 0 aliphatic heterocycles. The van der Waals surface area contributed by atoms with Gasteiger partial charge in [0.25, 0.3) is 0 Å². The molecule has 0 saturated heterocycles. The minimum atomic E-state index is -0.519. The van der Waals surface area contributed by atoms with Gasteiger partial charge in [-0.1, -0.05) is 37.6 Å². The topological polar surface area (TPSA) is 71.5 Å². The maximum absolute atomic E-state index is 14.2. The van der Waals surface area contributed by atoms with E-state index in [1.807, 2.05) is 12.1 Å². The van der Waals surface area contributed by atoms with Gasteiger partial charge in [0, 0.05) is 18.4 Å². The van der Waals surface area contributed by atoms with Crippen molar-refractivity contribution in [1.82, 2.24) is 4.98 Å². The van der Waals surface area contributed by atoms with Gasteiger partial charge in [-0.15, -0.1) is 11.3 Å². The van der Waals surface area contributed by atoms with Gasteiger partial charge >= 0.3 is 0 Å². The van der Waals surface area contributed by atoms with Crippen LogP contribution in [0.2, 0.25) is 0 Å². The van der Waals surface area contributed by atoms with Gasteiger partial charge in [0.2, 0.25) is 11.8 Å². The van der Waals surface area contributed by atoms with E-state index in [0.29, 0.717) is 28.9 Å². The highest BCUT2D eigenvalue weighted by Gasteiger charge is 2.20. The first-order valence-electron chi connectivity index (χ1n) is 10.2. The van der Waals surface area contributed by atoms with Crippen molar-refractivity contribution in [3.05, 3.63) is 71.5 Å². The SMILES string of the molecule is CCCCOc1ccccc1NC(=O)/C=C/c1csc(N(C(C)=O)c2ccccc2F)n1. The van der Waals surface area contributed by atoms with Crippen molar-refractivity contribution < 1.29 is 18.7 Å². The number of hydrogen-bond acceptors (Lipinski definition) is 5. The molecule has 32 heavy (non-hydrogen) atoms. The Morgan fingerprint density at radius 3 is 2.69 bits per heavy atom. The fraction of sp³-hybridized carbons (Fsp3) is 0.208. The number of thiazole rings is 1. The number of rotatable bonds is 9. The van der Waals surface area contributed by atoms with E-state index >= 15 is 0 Å². The number of carbonyl (C=O) groups excluding carboxylic acids is 2. The van der Waals surface area contributed by atoms with Crippen molar-refractivity contribution in [2.75, 3.05) is 16.8 Å². The summed E-state index contributed by atoms with van der Waals surface area (Å²) < 4.78 is 19.9. The minimum Gasteiger partial charge on any atom is -0.491 e. The van der Waals surface area contributed by atoms with Gasteiger partial charge in [-0.05, 0) is 36.8 Å². The molecular weight excluding hydrogens is 429 g/mol. The van der Waals surface area contributed by atoms with E-state index in [0.717, 1.165) is 12.8 Å². The summed E-state index contributed by atoms with van der Waals surface area (Å²) in [6.07, 6.45) is 4.84. The second-order valence-corrected chi connectivity index (χ2v) is 7.72. The third kappa shape index (κ3) is 6.01. The van der Waals surface area contributed by atoms with Crippen LogP contribution in [0.5, 0.6) is 5.75 Å². The number of amides is 2. The quantitative estimate of drug-likeness (QED) is 0.328. The van der Waals surface area contributed by atoms with E-state index in [1.165, 1.54) is 47.4 Å². The van der Waals surface area contributed by atoms with Crippen LogP contribution in [0.3, 0.4) is 0 Å². The number of halogens is 1. The van der Waals surface area contributed by atoms with Crippen molar-refractivity contribution in [3.8, 4) is 5.75 Å². The summed E-state index contributed by atoms with van der Waals surface area (Å²) in [6, 6.07) is 13.2. The first kappa shape index (κ1) is 23.1. The van der Waals surface area contributed by atoms with Crippen LogP contribution >= 0.6 is 11.3 Å². The third-order valence-corrected chi connectivity index (χ3v) is 5.26. The van der Waals surface area contributed by atoms with Crippen LogP contribution in [0.4, 0.5) is 20.9 Å². The molecule has 0 saturated carbocycles. The fourth-order valence-corrected chi connectivity index (χ4v) is 3.70. The molecule has 0 aliphatic carbocycles. The zero-order valence-corrected chi connectivity index (χ0v) is 18.7. The smallest absolute Gasteiger partial charge is 0.248 e. The van der Waals surface area contributed by atoms with E-state index in [-0.39, 0.29) is 17.5 Å². The third-order valence-electron chi connectivity index (χ3n) is 4.42. The molecule has 3 aromatic rings. The summed E-state index contributed by atoms with van der Waals surface area (Å²) in [5.74, 6) is -0.615. The molecule has 1 heterocycles. The number of nitrogens with one attached hydrogen (secondary N) is 1. The van der Waals surface area contributed by atoms with E-state index in [4.69, 9.17) is 4.74 Å². The number of unbranched alkanes of at least 4 members (excludes halogenated alkanes) is 1. The molecule has 6 nitrogen and oxygen atoms in total. The highest BCUT2D eigenvalue weighted by Crippen LogP contribution is 2.31. The van der Waals surface area contributed by atoms with Crippen LogP contribution in [0.1, 0.15) is 32.4 Å². The van der Waals surface area contributed by atoms with E-state index in [2.05, 4.69) is 17.2 Å². The van der Waals surface area contributed by atoms with Gasteiger partial charge in [0.15, 0.2) is 5.13 Å². The van der Waals surface area contributed by atoms with Gasteiger partial charge in [0.1, 0.15) is 11.6 Å². The molecular formula is C24H24FN3O3S. The summed E-state index contributed by atoms with van der Waals surface area (Å²) in [5.41, 5.74) is 1.19. The average Bonchev–Trinajstić information content (AvgIpc) is 3.23. The maximum Gasteiger partial charge on any atom is 0.248 e. The number of benzene rings is 2. The molecule has 166 valence electrons. The Morgan fingerprint density at radius 1 is 1.19 bits per heavy atom. The molecule has 0 unspecified atom stereocenters. The van der Waals surface area contributed by atoms with E-state index in [9.17, 15) is 14.0 Å². The largest absolute Gasteiger partial charge is 0.491 e.